The van der Waals surface area contributed by atoms with Crippen LogP contribution in [0.2, 0.25) is 0 Å². The van der Waals surface area contributed by atoms with Gasteiger partial charge in [0, 0.05) is 38.3 Å². The van der Waals surface area contributed by atoms with Crippen LogP contribution >= 0.6 is 0 Å². The fraction of sp³-hybridized carbons (Fsp3) is 0.391. The largest absolute Gasteiger partial charge is 0.491 e. The second-order valence-corrected chi connectivity index (χ2v) is 7.60. The summed E-state index contributed by atoms with van der Waals surface area (Å²) in [6.07, 6.45) is 0. The van der Waals surface area contributed by atoms with Crippen LogP contribution in [0.3, 0.4) is 0 Å². The van der Waals surface area contributed by atoms with E-state index in [0.717, 1.165) is 12.1 Å². The highest BCUT2D eigenvalue weighted by molar-refractivity contribution is 5.97. The van der Waals surface area contributed by atoms with Gasteiger partial charge in [0.15, 0.2) is 0 Å². The third kappa shape index (κ3) is 5.35. The zero-order valence-electron chi connectivity index (χ0n) is 17.4. The summed E-state index contributed by atoms with van der Waals surface area (Å²) in [6.45, 7) is 5.40. The van der Waals surface area contributed by atoms with Crippen LogP contribution in [0.5, 0.6) is 5.75 Å². The Bertz CT molecular complexity index is 841. The number of piperazine rings is 1. The Balaban J connectivity index is 1.60. The Morgan fingerprint density at radius 1 is 0.897 bits per heavy atom. The van der Waals surface area contributed by atoms with Crippen LogP contribution in [0.25, 0.3) is 0 Å². The molecule has 6 heteroatoms. The minimum absolute atomic E-state index is 0.0181. The lowest BCUT2D eigenvalue weighted by molar-refractivity contribution is 0.0533. The molecule has 2 aromatic carbocycles. The summed E-state index contributed by atoms with van der Waals surface area (Å²) in [7, 11) is 3.97. The van der Waals surface area contributed by atoms with Crippen LogP contribution in [0.4, 0.5) is 0 Å². The van der Waals surface area contributed by atoms with Gasteiger partial charge in [-0.1, -0.05) is 29.8 Å². The van der Waals surface area contributed by atoms with Gasteiger partial charge >= 0.3 is 0 Å². The van der Waals surface area contributed by atoms with Crippen molar-refractivity contribution in [2.24, 2.45) is 0 Å². The van der Waals surface area contributed by atoms with Crippen molar-refractivity contribution in [3.05, 3.63) is 65.2 Å². The summed E-state index contributed by atoms with van der Waals surface area (Å²) in [4.78, 5) is 31.4. The van der Waals surface area contributed by atoms with Crippen molar-refractivity contribution in [2.75, 3.05) is 53.4 Å². The molecule has 1 aliphatic heterocycles. The Kier molecular flexibility index (Phi) is 6.88. The standard InChI is InChI=1S/C23H29N3O3/c1-18-8-10-19(11-9-18)22(27)25-12-14-26(15-13-25)23(28)20-6-4-5-7-21(20)29-17-16-24(2)3/h4-11H,12-17H2,1-3H3. The van der Waals surface area contributed by atoms with Crippen molar-refractivity contribution in [3.8, 4) is 5.75 Å². The summed E-state index contributed by atoms with van der Waals surface area (Å²) < 4.78 is 5.83. The van der Waals surface area contributed by atoms with E-state index in [-0.39, 0.29) is 11.8 Å². The molecule has 3 rings (SSSR count). The molecule has 29 heavy (non-hydrogen) atoms. The normalized spacial score (nSPS) is 14.2. The number of rotatable bonds is 6. The number of ether oxygens (including phenoxy) is 1. The maximum Gasteiger partial charge on any atom is 0.257 e. The maximum absolute atomic E-state index is 13.0. The lowest BCUT2D eigenvalue weighted by atomic mass is 10.1. The van der Waals surface area contributed by atoms with Gasteiger partial charge in [-0.15, -0.1) is 0 Å². The number of carbonyl (C=O) groups is 2. The summed E-state index contributed by atoms with van der Waals surface area (Å²) in [5.74, 6) is 0.579. The zero-order valence-corrected chi connectivity index (χ0v) is 17.4. The maximum atomic E-state index is 13.0. The fourth-order valence-electron chi connectivity index (χ4n) is 3.27. The first-order valence-electron chi connectivity index (χ1n) is 9.97. The van der Waals surface area contributed by atoms with Crippen LogP contribution in [-0.2, 0) is 0 Å². The van der Waals surface area contributed by atoms with E-state index in [1.165, 1.54) is 0 Å². The Morgan fingerprint density at radius 3 is 2.10 bits per heavy atom. The molecule has 0 spiro atoms. The van der Waals surface area contributed by atoms with Crippen LogP contribution in [0.15, 0.2) is 48.5 Å². The smallest absolute Gasteiger partial charge is 0.257 e. The highest BCUT2D eigenvalue weighted by Crippen LogP contribution is 2.21. The molecule has 0 bridgehead atoms. The van der Waals surface area contributed by atoms with Crippen molar-refractivity contribution in [2.45, 2.75) is 6.92 Å². The molecule has 0 aliphatic carbocycles. The van der Waals surface area contributed by atoms with Crippen molar-refractivity contribution in [1.29, 1.82) is 0 Å². The number of hydrogen-bond donors (Lipinski definition) is 0. The molecule has 2 aromatic rings. The van der Waals surface area contributed by atoms with Gasteiger partial charge in [0.2, 0.25) is 0 Å². The quantitative estimate of drug-likeness (QED) is 0.754. The zero-order chi connectivity index (χ0) is 20.8. The van der Waals surface area contributed by atoms with E-state index in [2.05, 4.69) is 0 Å². The van der Waals surface area contributed by atoms with E-state index in [9.17, 15) is 9.59 Å². The summed E-state index contributed by atoms with van der Waals surface area (Å²) >= 11 is 0. The van der Waals surface area contributed by atoms with Crippen LogP contribution in [0, 0.1) is 6.92 Å². The second kappa shape index (κ2) is 9.56. The highest BCUT2D eigenvalue weighted by atomic mass is 16.5. The molecule has 0 aromatic heterocycles. The van der Waals surface area contributed by atoms with Gasteiger partial charge in [0.1, 0.15) is 12.4 Å². The molecule has 1 aliphatic rings. The molecule has 0 radical (unpaired) electrons. The fourth-order valence-corrected chi connectivity index (χ4v) is 3.27. The summed E-state index contributed by atoms with van der Waals surface area (Å²) in [6, 6.07) is 15.0. The SMILES string of the molecule is Cc1ccc(C(=O)N2CCN(C(=O)c3ccccc3OCCN(C)C)CC2)cc1. The monoisotopic (exact) mass is 395 g/mol. The minimum atomic E-state index is -0.0483. The van der Waals surface area contributed by atoms with E-state index in [1.807, 2.05) is 73.3 Å². The summed E-state index contributed by atoms with van der Waals surface area (Å²) in [5.41, 5.74) is 2.39. The number of nitrogens with zero attached hydrogens (tertiary/aromatic N) is 3. The Hall–Kier alpha value is -2.86. The van der Waals surface area contributed by atoms with Gasteiger partial charge in [-0.25, -0.2) is 0 Å². The molecule has 0 unspecified atom stereocenters. The van der Waals surface area contributed by atoms with Gasteiger partial charge in [-0.3, -0.25) is 9.59 Å². The van der Waals surface area contributed by atoms with Gasteiger partial charge in [-0.05, 0) is 45.3 Å². The van der Waals surface area contributed by atoms with Crippen molar-refractivity contribution in [3.63, 3.8) is 0 Å². The molecule has 0 N–H and O–H groups in total. The third-order valence-electron chi connectivity index (χ3n) is 5.07. The molecule has 2 amide bonds. The molecular formula is C23H29N3O3. The molecule has 1 saturated heterocycles. The number of amides is 2. The molecule has 6 nitrogen and oxygen atoms in total. The number of para-hydroxylation sites is 1. The van der Waals surface area contributed by atoms with E-state index < -0.39 is 0 Å². The molecular weight excluding hydrogens is 366 g/mol. The van der Waals surface area contributed by atoms with Gasteiger partial charge in [0.25, 0.3) is 11.8 Å². The van der Waals surface area contributed by atoms with Crippen LogP contribution in [0.1, 0.15) is 26.3 Å². The average molecular weight is 396 g/mol. The summed E-state index contributed by atoms with van der Waals surface area (Å²) in [5, 5.41) is 0. The van der Waals surface area contributed by atoms with E-state index in [4.69, 9.17) is 4.74 Å². The molecule has 1 fully saturated rings. The van der Waals surface area contributed by atoms with Crippen LogP contribution < -0.4 is 4.74 Å². The van der Waals surface area contributed by atoms with Gasteiger partial charge in [-0.2, -0.15) is 0 Å². The first-order chi connectivity index (χ1) is 14.0. The number of hydrogen-bond acceptors (Lipinski definition) is 4. The van der Waals surface area contributed by atoms with Gasteiger partial charge < -0.3 is 19.4 Å². The van der Waals surface area contributed by atoms with Gasteiger partial charge in [0.05, 0.1) is 5.56 Å². The average Bonchev–Trinajstić information content (AvgIpc) is 2.73. The topological polar surface area (TPSA) is 53.1 Å². The Morgan fingerprint density at radius 2 is 1.48 bits per heavy atom. The number of benzene rings is 2. The minimum Gasteiger partial charge on any atom is -0.491 e. The predicted molar refractivity (Wildman–Crippen MR) is 113 cm³/mol. The van der Waals surface area contributed by atoms with E-state index >= 15 is 0 Å². The second-order valence-electron chi connectivity index (χ2n) is 7.60. The third-order valence-corrected chi connectivity index (χ3v) is 5.07. The number of carbonyl (C=O) groups excluding carboxylic acids is 2. The van der Waals surface area contributed by atoms with Crippen molar-refractivity contribution >= 4 is 11.8 Å². The molecule has 1 heterocycles. The first-order valence-corrected chi connectivity index (χ1v) is 9.97. The molecule has 154 valence electrons. The molecule has 0 atom stereocenters. The lowest BCUT2D eigenvalue weighted by Crippen LogP contribution is -2.50. The highest BCUT2D eigenvalue weighted by Gasteiger charge is 2.26. The predicted octanol–water partition coefficient (Wildman–Crippen LogP) is 2.53. The lowest BCUT2D eigenvalue weighted by Gasteiger charge is -2.35. The number of aryl methyl sites for hydroxylation is 1. The van der Waals surface area contributed by atoms with E-state index in [0.29, 0.717) is 49.7 Å². The Labute approximate surface area is 172 Å². The number of likely N-dealkylation sites (N-methyl/N-ethyl adjacent to an activating group) is 1. The van der Waals surface area contributed by atoms with Crippen molar-refractivity contribution in [1.82, 2.24) is 14.7 Å². The van der Waals surface area contributed by atoms with E-state index in [1.54, 1.807) is 11.0 Å². The molecule has 0 saturated carbocycles. The van der Waals surface area contributed by atoms with Crippen molar-refractivity contribution < 1.29 is 14.3 Å². The van der Waals surface area contributed by atoms with Crippen LogP contribution in [-0.4, -0.2) is 79.9 Å². The first kappa shape index (κ1) is 20.9.